The van der Waals surface area contributed by atoms with Gasteiger partial charge in [0.05, 0.1) is 4.90 Å². The summed E-state index contributed by atoms with van der Waals surface area (Å²) < 4.78 is 35.8. The Morgan fingerprint density at radius 3 is 1.66 bits per heavy atom. The summed E-state index contributed by atoms with van der Waals surface area (Å²) in [5, 5.41) is 19.4. The number of unbranched alkanes of at least 4 members (excludes halogenated alkanes) is 16. The minimum absolute atomic E-state index is 0. The van der Waals surface area contributed by atoms with E-state index in [0.717, 1.165) is 42.2 Å². The number of fused-ring (bicyclic) bond motifs is 1. The van der Waals surface area contributed by atoms with Crippen molar-refractivity contribution in [3.63, 3.8) is 0 Å². The van der Waals surface area contributed by atoms with Gasteiger partial charge in [0.2, 0.25) is 0 Å². The van der Waals surface area contributed by atoms with Crippen LogP contribution >= 0.6 is 0 Å². The molecule has 3 rings (SSSR count). The molecule has 0 atom stereocenters. The second kappa shape index (κ2) is 34.5. The first-order chi connectivity index (χ1) is 27.3. The van der Waals surface area contributed by atoms with Gasteiger partial charge >= 0.3 is 35.5 Å². The number of aryl methyl sites for hydroxylation is 1. The van der Waals surface area contributed by atoms with Gasteiger partial charge in [-0.1, -0.05) is 186 Å². The van der Waals surface area contributed by atoms with Crippen molar-refractivity contribution in [2.45, 2.75) is 194 Å². The Morgan fingerprint density at radius 2 is 1.14 bits per heavy atom. The molecular weight excluding hydrogens is 752 g/mol. The first kappa shape index (κ1) is 55.8. The molecule has 0 heterocycles. The number of phenols is 1. The second-order valence-electron chi connectivity index (χ2n) is 16.6. The van der Waals surface area contributed by atoms with Crippen LogP contribution in [0, 0.1) is 11.8 Å². The summed E-state index contributed by atoms with van der Waals surface area (Å²) in [6.07, 6.45) is 31.5. The van der Waals surface area contributed by atoms with Crippen LogP contribution in [-0.2, 0) is 34.2 Å². The van der Waals surface area contributed by atoms with Crippen LogP contribution in [0.15, 0.2) is 71.6 Å². The molecular formula is C50H79NaO6S. The number of benzene rings is 3. The topological polar surface area (TPSA) is 115 Å². The van der Waals surface area contributed by atoms with Gasteiger partial charge in [-0.3, -0.25) is 4.79 Å². The number of aromatic hydroxyl groups is 1. The molecule has 0 aliphatic heterocycles. The number of phenolic OH excluding ortho intramolecular Hbond substituents is 1. The zero-order valence-corrected chi connectivity index (χ0v) is 40.5. The summed E-state index contributed by atoms with van der Waals surface area (Å²) in [6, 6.07) is 16.9. The third kappa shape index (κ3) is 26.8. The summed E-state index contributed by atoms with van der Waals surface area (Å²) >= 11 is 0. The van der Waals surface area contributed by atoms with E-state index in [4.69, 9.17) is 5.11 Å². The maximum atomic E-state index is 11.9. The van der Waals surface area contributed by atoms with Crippen molar-refractivity contribution in [2.75, 3.05) is 0 Å². The number of carboxylic acids is 1. The Balaban J connectivity index is 0.000000848. The molecule has 8 heteroatoms. The maximum Gasteiger partial charge on any atom is 1.00 e. The number of hydrogen-bond acceptors (Lipinski definition) is 5. The van der Waals surface area contributed by atoms with E-state index in [1.54, 1.807) is 18.2 Å². The molecule has 0 bridgehead atoms. The standard InChI is InChI=1S/C18H24O3S.C18H34O2.C14H22O.Na/c1-12(2)9-15-11-14-7-5-6-8-16(14)18(22(19,20)21)17(15)10-13(3)4;1-2-3-4-5-6-7-8-9-10-11-12-13-14-15-16-17-18(19)20;1-2-3-4-5-6-7-10-13-11-8-9-12-14(13)15;/h5-8,11-13H,9-10H2,1-4H3,(H,19,20,21);9-10H,2-8,11-17H2,1H3,(H,19,20);8-9,11-12,15H,2-7,10H2,1H3;/q;;;+1/p-1/b;10-9-;;. The van der Waals surface area contributed by atoms with Crippen molar-refractivity contribution in [3.8, 4) is 5.75 Å². The molecule has 6 nitrogen and oxygen atoms in total. The number of para-hydroxylation sites is 1. The number of carboxylic acid groups (broad SMARTS) is 1. The fourth-order valence-electron chi connectivity index (χ4n) is 7.12. The van der Waals surface area contributed by atoms with Crippen LogP contribution in [0.5, 0.6) is 5.75 Å². The van der Waals surface area contributed by atoms with E-state index < -0.39 is 16.1 Å². The van der Waals surface area contributed by atoms with Crippen molar-refractivity contribution >= 4 is 26.9 Å². The van der Waals surface area contributed by atoms with Crippen LogP contribution in [0.4, 0.5) is 0 Å². The normalized spacial score (nSPS) is 11.3. The predicted molar refractivity (Wildman–Crippen MR) is 241 cm³/mol. The Labute approximate surface area is 377 Å². The van der Waals surface area contributed by atoms with Gasteiger partial charge in [0.15, 0.2) is 0 Å². The minimum atomic E-state index is -4.51. The summed E-state index contributed by atoms with van der Waals surface area (Å²) in [6.45, 7) is 12.8. The summed E-state index contributed by atoms with van der Waals surface area (Å²) in [5.74, 6) is 0.468. The third-order valence-corrected chi connectivity index (χ3v) is 11.1. The molecule has 0 aromatic heterocycles. The van der Waals surface area contributed by atoms with E-state index in [0.29, 0.717) is 35.5 Å². The second-order valence-corrected chi connectivity index (χ2v) is 17.9. The Morgan fingerprint density at radius 1 is 0.655 bits per heavy atom. The zero-order chi connectivity index (χ0) is 42.3. The number of allylic oxidation sites excluding steroid dienone is 2. The van der Waals surface area contributed by atoms with Crippen molar-refractivity contribution in [3.05, 3.63) is 83.4 Å². The monoisotopic (exact) mass is 831 g/mol. The van der Waals surface area contributed by atoms with E-state index >= 15 is 0 Å². The first-order valence-corrected chi connectivity index (χ1v) is 23.8. The molecule has 0 saturated heterocycles. The van der Waals surface area contributed by atoms with E-state index in [1.165, 1.54) is 109 Å². The number of rotatable bonds is 27. The molecule has 58 heavy (non-hydrogen) atoms. The van der Waals surface area contributed by atoms with Crippen LogP contribution in [-0.4, -0.2) is 29.2 Å². The average Bonchev–Trinajstić information content (AvgIpc) is 3.15. The third-order valence-electron chi connectivity index (χ3n) is 10.1. The largest absolute Gasteiger partial charge is 1.00 e. The van der Waals surface area contributed by atoms with Gasteiger partial charge < -0.3 is 14.8 Å². The van der Waals surface area contributed by atoms with Crippen molar-refractivity contribution in [2.24, 2.45) is 11.8 Å². The average molecular weight is 831 g/mol. The van der Waals surface area contributed by atoms with E-state index in [2.05, 4.69) is 39.8 Å². The molecule has 0 spiro atoms. The first-order valence-electron chi connectivity index (χ1n) is 22.4. The van der Waals surface area contributed by atoms with Crippen molar-refractivity contribution in [1.82, 2.24) is 0 Å². The Kier molecular flexibility index (Phi) is 33.3. The molecule has 322 valence electrons. The molecule has 3 aromatic rings. The number of hydrogen-bond donors (Lipinski definition) is 2. The molecule has 0 amide bonds. The Bertz CT molecular complexity index is 1630. The molecule has 0 fully saturated rings. The SMILES string of the molecule is CC(C)Cc1cc2ccccc2c(S(=O)(=O)[O-])c1CC(C)C.CCCCCCCC/C=C\CCCCCCCC(=O)O.CCCCCCCCc1ccccc1O.[Na+]. The quantitative estimate of drug-likeness (QED) is 0.0342. The van der Waals surface area contributed by atoms with E-state index in [1.807, 2.05) is 50.2 Å². The van der Waals surface area contributed by atoms with Crippen LogP contribution in [0.25, 0.3) is 10.8 Å². The van der Waals surface area contributed by atoms with Gasteiger partial charge in [0.25, 0.3) is 0 Å². The van der Waals surface area contributed by atoms with Gasteiger partial charge in [0, 0.05) is 6.42 Å². The van der Waals surface area contributed by atoms with E-state index in [9.17, 15) is 22.9 Å². The predicted octanol–water partition coefficient (Wildman–Crippen LogP) is 11.5. The van der Waals surface area contributed by atoms with Crippen molar-refractivity contribution in [1.29, 1.82) is 0 Å². The van der Waals surface area contributed by atoms with Crippen LogP contribution < -0.4 is 29.6 Å². The fourth-order valence-corrected chi connectivity index (χ4v) is 8.09. The molecule has 0 saturated carbocycles. The number of aliphatic carboxylic acids is 1. The molecule has 0 unspecified atom stereocenters. The van der Waals surface area contributed by atoms with Gasteiger partial charge in [-0.2, -0.15) is 0 Å². The molecule has 3 aromatic carbocycles. The maximum absolute atomic E-state index is 11.9. The minimum Gasteiger partial charge on any atom is -0.744 e. The van der Waals surface area contributed by atoms with E-state index in [-0.39, 0.29) is 40.4 Å². The Hall–Kier alpha value is -2.16. The van der Waals surface area contributed by atoms with Crippen LogP contribution in [0.2, 0.25) is 0 Å². The van der Waals surface area contributed by atoms with Gasteiger partial charge in [-0.05, 0) is 103 Å². The molecule has 0 aliphatic carbocycles. The van der Waals surface area contributed by atoms with Crippen molar-refractivity contribution < 1.29 is 57.5 Å². The van der Waals surface area contributed by atoms with Crippen LogP contribution in [0.3, 0.4) is 0 Å². The van der Waals surface area contributed by atoms with Gasteiger partial charge in [-0.25, -0.2) is 8.42 Å². The number of carbonyl (C=O) groups is 1. The molecule has 2 N–H and O–H groups in total. The van der Waals surface area contributed by atoms with Gasteiger partial charge in [0.1, 0.15) is 15.9 Å². The fraction of sp³-hybridized carbons (Fsp3) is 0.620. The van der Waals surface area contributed by atoms with Gasteiger partial charge in [-0.15, -0.1) is 0 Å². The summed E-state index contributed by atoms with van der Waals surface area (Å²) in [5.41, 5.74) is 2.78. The molecule has 0 aliphatic rings. The smallest absolute Gasteiger partial charge is 0.744 e. The zero-order valence-electron chi connectivity index (χ0n) is 37.7. The summed E-state index contributed by atoms with van der Waals surface area (Å²) in [4.78, 5) is 10.3. The molecule has 0 radical (unpaired) electrons. The summed E-state index contributed by atoms with van der Waals surface area (Å²) in [7, 11) is -4.51. The van der Waals surface area contributed by atoms with Crippen LogP contribution in [0.1, 0.15) is 187 Å².